The molecule has 0 radical (unpaired) electrons. The maximum atomic E-state index is 13.4. The number of amides is 1. The van der Waals surface area contributed by atoms with E-state index in [-0.39, 0.29) is 24.9 Å². The van der Waals surface area contributed by atoms with Crippen LogP contribution in [0.2, 0.25) is 0 Å². The molecule has 3 unspecified atom stereocenters. The zero-order valence-electron chi connectivity index (χ0n) is 44.2. The molecule has 0 aliphatic carbocycles. The Morgan fingerprint density at radius 3 is 1.29 bits per heavy atom. The first-order valence-electron chi connectivity index (χ1n) is 27.8. The van der Waals surface area contributed by atoms with E-state index in [1.807, 2.05) is 33.3 Å². The molecule has 0 fully saturated rings. The molecule has 0 aliphatic rings. The minimum absolute atomic E-state index is 0.0260. The number of carbonyl (C=O) groups is 2. The molecule has 0 bridgehead atoms. The van der Waals surface area contributed by atoms with Gasteiger partial charge in [-0.15, -0.1) is 0 Å². The average Bonchev–Trinajstić information content (AvgIpc) is 3.27. The monoisotopic (exact) mass is 951 g/mol. The number of esters is 1. The normalized spacial score (nSPS) is 14.1. The molecule has 10 heteroatoms. The Hall–Kier alpha value is -1.77. The summed E-state index contributed by atoms with van der Waals surface area (Å²) in [4.78, 5) is 39.7. The number of rotatable bonds is 50. The predicted molar refractivity (Wildman–Crippen MR) is 279 cm³/mol. The van der Waals surface area contributed by atoms with Crippen molar-refractivity contribution in [3.05, 3.63) is 36.5 Å². The van der Waals surface area contributed by atoms with Gasteiger partial charge in [0.15, 0.2) is 0 Å². The van der Waals surface area contributed by atoms with E-state index in [9.17, 15) is 19.0 Å². The largest absolute Gasteiger partial charge is 0.756 e. The first-order valence-corrected chi connectivity index (χ1v) is 29.3. The highest BCUT2D eigenvalue weighted by Crippen LogP contribution is 2.38. The zero-order valence-corrected chi connectivity index (χ0v) is 45.0. The van der Waals surface area contributed by atoms with Crippen molar-refractivity contribution in [3.8, 4) is 0 Å². The quantitative estimate of drug-likeness (QED) is 0.0212. The van der Waals surface area contributed by atoms with Gasteiger partial charge in [0.25, 0.3) is 7.82 Å². The van der Waals surface area contributed by atoms with Gasteiger partial charge in [0, 0.05) is 12.8 Å². The number of likely N-dealkylation sites (N-methyl/N-ethyl adjacent to an activating group) is 1. The van der Waals surface area contributed by atoms with Crippen molar-refractivity contribution in [2.45, 2.75) is 270 Å². The molecule has 0 saturated carbocycles. The number of ether oxygens (including phenoxy) is 1. The molecular formula is C56H107N2O7P. The second kappa shape index (κ2) is 46.9. The SMILES string of the molecule is CCCCCCCC/C=C\CCCCCC(=O)NC(COP(=O)([O-])OCC[N+](C)(C)C)C(/C=C/CCCCCCCCCCCCC)OC(=O)CCCCC/C=C\CCCCCCCCC. The molecular weight excluding hydrogens is 844 g/mol. The van der Waals surface area contributed by atoms with Gasteiger partial charge in [0.05, 0.1) is 33.8 Å². The van der Waals surface area contributed by atoms with Gasteiger partial charge < -0.3 is 28.5 Å². The van der Waals surface area contributed by atoms with Crippen LogP contribution in [-0.2, 0) is 27.9 Å². The molecule has 0 spiro atoms. The van der Waals surface area contributed by atoms with Gasteiger partial charge in [0.1, 0.15) is 19.3 Å². The third-order valence-corrected chi connectivity index (χ3v) is 13.3. The van der Waals surface area contributed by atoms with Crippen LogP contribution in [0.4, 0.5) is 0 Å². The smallest absolute Gasteiger partial charge is 0.306 e. The number of nitrogens with one attached hydrogen (secondary N) is 1. The number of quaternary nitrogens is 1. The highest BCUT2D eigenvalue weighted by Gasteiger charge is 2.27. The van der Waals surface area contributed by atoms with Crippen molar-refractivity contribution >= 4 is 19.7 Å². The lowest BCUT2D eigenvalue weighted by Gasteiger charge is -2.30. The number of phosphoric acid groups is 1. The molecule has 1 amide bonds. The molecule has 66 heavy (non-hydrogen) atoms. The summed E-state index contributed by atoms with van der Waals surface area (Å²) in [7, 11) is 1.17. The molecule has 0 aromatic carbocycles. The van der Waals surface area contributed by atoms with Gasteiger partial charge in [-0.1, -0.05) is 199 Å². The van der Waals surface area contributed by atoms with E-state index in [4.69, 9.17) is 13.8 Å². The van der Waals surface area contributed by atoms with E-state index in [0.29, 0.717) is 30.3 Å². The maximum Gasteiger partial charge on any atom is 0.306 e. The molecule has 0 saturated heterocycles. The molecule has 0 aromatic heterocycles. The average molecular weight is 951 g/mol. The van der Waals surface area contributed by atoms with Gasteiger partial charge in [-0.2, -0.15) is 0 Å². The first-order chi connectivity index (χ1) is 31.9. The third-order valence-electron chi connectivity index (χ3n) is 12.3. The number of carbonyl (C=O) groups excluding carboxylic acids is 2. The lowest BCUT2D eigenvalue weighted by molar-refractivity contribution is -0.870. The zero-order chi connectivity index (χ0) is 48.7. The van der Waals surface area contributed by atoms with E-state index in [0.717, 1.165) is 70.6 Å². The number of phosphoric ester groups is 1. The number of unbranched alkanes of at least 4 members (excludes halogenated alkanes) is 30. The van der Waals surface area contributed by atoms with Crippen molar-refractivity contribution in [3.63, 3.8) is 0 Å². The van der Waals surface area contributed by atoms with Crippen LogP contribution in [-0.4, -0.2) is 69.4 Å². The summed E-state index contributed by atoms with van der Waals surface area (Å²) in [5, 5.41) is 3.00. The molecule has 1 N–H and O–H groups in total. The Kier molecular flexibility index (Phi) is 45.7. The molecule has 0 aliphatic heterocycles. The highest BCUT2D eigenvalue weighted by molar-refractivity contribution is 7.45. The third kappa shape index (κ3) is 47.3. The van der Waals surface area contributed by atoms with Crippen LogP contribution in [0.15, 0.2) is 36.5 Å². The van der Waals surface area contributed by atoms with Crippen LogP contribution >= 0.6 is 7.82 Å². The summed E-state index contributed by atoms with van der Waals surface area (Å²) in [5.74, 6) is -0.573. The van der Waals surface area contributed by atoms with Crippen molar-refractivity contribution in [1.82, 2.24) is 5.32 Å². The molecule has 0 heterocycles. The van der Waals surface area contributed by atoms with Gasteiger partial charge in [-0.05, 0) is 83.1 Å². The fourth-order valence-corrected chi connectivity index (χ4v) is 8.64. The maximum absolute atomic E-state index is 13.4. The van der Waals surface area contributed by atoms with E-state index < -0.39 is 26.6 Å². The van der Waals surface area contributed by atoms with Crippen LogP contribution < -0.4 is 10.2 Å². The summed E-state index contributed by atoms with van der Waals surface area (Å²) >= 11 is 0. The molecule has 9 nitrogen and oxygen atoms in total. The van der Waals surface area contributed by atoms with Crippen molar-refractivity contribution < 1.29 is 37.3 Å². The second-order valence-corrected chi connectivity index (χ2v) is 21.5. The lowest BCUT2D eigenvalue weighted by atomic mass is 10.0. The summed E-state index contributed by atoms with van der Waals surface area (Å²) in [5.41, 5.74) is 0. The predicted octanol–water partition coefficient (Wildman–Crippen LogP) is 15.8. The van der Waals surface area contributed by atoms with Gasteiger partial charge in [-0.3, -0.25) is 14.2 Å². The highest BCUT2D eigenvalue weighted by atomic mass is 31.2. The van der Waals surface area contributed by atoms with Crippen LogP contribution in [0, 0.1) is 0 Å². The van der Waals surface area contributed by atoms with Crippen LogP contribution in [0.1, 0.15) is 258 Å². The Morgan fingerprint density at radius 1 is 0.515 bits per heavy atom. The van der Waals surface area contributed by atoms with E-state index in [1.165, 1.54) is 141 Å². The Morgan fingerprint density at radius 2 is 0.879 bits per heavy atom. The van der Waals surface area contributed by atoms with Crippen molar-refractivity contribution in [2.75, 3.05) is 40.9 Å². The summed E-state index contributed by atoms with van der Waals surface area (Å²) in [6.07, 6.45) is 53.9. The molecule has 388 valence electrons. The Balaban J connectivity index is 5.45. The fourth-order valence-electron chi connectivity index (χ4n) is 7.92. The van der Waals surface area contributed by atoms with Crippen LogP contribution in [0.25, 0.3) is 0 Å². The van der Waals surface area contributed by atoms with Crippen molar-refractivity contribution in [1.29, 1.82) is 0 Å². The van der Waals surface area contributed by atoms with Gasteiger partial charge >= 0.3 is 5.97 Å². The van der Waals surface area contributed by atoms with E-state index >= 15 is 0 Å². The topological polar surface area (TPSA) is 114 Å². The molecule has 3 atom stereocenters. The van der Waals surface area contributed by atoms with E-state index in [2.05, 4.69) is 50.4 Å². The fraction of sp³-hybridized carbons (Fsp3) is 0.857. The standard InChI is InChI=1S/C56H107N2O7P/c1-7-10-13-16-19-22-25-28-31-34-37-40-43-46-49-56(60)65-54(47-44-41-38-35-32-29-26-23-20-17-14-11-8-2)53(52-64-66(61,62)63-51-50-58(4,5)6)57-55(59)48-45-42-39-36-33-30-27-24-21-18-15-12-9-3/h30-31,33-34,44,47,53-54H,7-29,32,35-43,45-46,48-52H2,1-6H3,(H-,57,59,61,62)/b33-30-,34-31-,47-44+. The van der Waals surface area contributed by atoms with Crippen molar-refractivity contribution in [2.24, 2.45) is 0 Å². The Bertz CT molecular complexity index is 1230. The second-order valence-electron chi connectivity index (χ2n) is 20.1. The molecule has 0 aromatic rings. The van der Waals surface area contributed by atoms with E-state index in [1.54, 1.807) is 0 Å². The summed E-state index contributed by atoms with van der Waals surface area (Å²) < 4.78 is 30.2. The number of allylic oxidation sites excluding steroid dienone is 5. The first kappa shape index (κ1) is 64.2. The molecule has 0 rings (SSSR count). The van der Waals surface area contributed by atoms with Gasteiger partial charge in [0.2, 0.25) is 5.91 Å². The van der Waals surface area contributed by atoms with Gasteiger partial charge in [-0.25, -0.2) is 0 Å². The lowest BCUT2D eigenvalue weighted by Crippen LogP contribution is -2.47. The Labute approximate surface area is 408 Å². The minimum atomic E-state index is -4.69. The van der Waals surface area contributed by atoms with Crippen LogP contribution in [0.5, 0.6) is 0 Å². The minimum Gasteiger partial charge on any atom is -0.756 e. The summed E-state index contributed by atoms with van der Waals surface area (Å²) in [6.45, 7) is 6.81. The number of hydrogen-bond donors (Lipinski definition) is 1. The number of hydrogen-bond acceptors (Lipinski definition) is 7. The van der Waals surface area contributed by atoms with Crippen LogP contribution in [0.3, 0.4) is 0 Å². The summed E-state index contributed by atoms with van der Waals surface area (Å²) in [6, 6.07) is -0.898. The number of nitrogens with zero attached hydrogens (tertiary/aromatic N) is 1.